The standard InChI is InChI=1S/C18H25N3O4S/c1-13-5-7-16(8-6-13)26(24,25)20-10-3-4-15(12-20)18(23)21-11-9-19-17(22)14(21)2/h5-8,14-15H,3-4,9-12H2,1-2H3,(H,19,22)/t14-,15+/m1/s1. The molecule has 0 aromatic heterocycles. The maximum absolute atomic E-state index is 12.9. The van der Waals surface area contributed by atoms with Crippen molar-refractivity contribution in [1.82, 2.24) is 14.5 Å². The minimum atomic E-state index is -3.62. The largest absolute Gasteiger partial charge is 0.353 e. The number of sulfonamides is 1. The molecule has 0 spiro atoms. The highest BCUT2D eigenvalue weighted by molar-refractivity contribution is 7.89. The number of hydrogen-bond donors (Lipinski definition) is 1. The lowest BCUT2D eigenvalue weighted by Crippen LogP contribution is -2.58. The monoisotopic (exact) mass is 379 g/mol. The van der Waals surface area contributed by atoms with Gasteiger partial charge < -0.3 is 10.2 Å². The Morgan fingerprint density at radius 2 is 1.88 bits per heavy atom. The van der Waals surface area contributed by atoms with E-state index in [-0.39, 0.29) is 23.3 Å². The summed E-state index contributed by atoms with van der Waals surface area (Å²) in [5.74, 6) is -0.696. The Morgan fingerprint density at radius 3 is 2.58 bits per heavy atom. The number of rotatable bonds is 3. The Hall–Kier alpha value is -1.93. The van der Waals surface area contributed by atoms with Gasteiger partial charge in [-0.2, -0.15) is 4.31 Å². The molecule has 8 heteroatoms. The third-order valence-corrected chi connectivity index (χ3v) is 7.05. The molecule has 0 saturated carbocycles. The second-order valence-electron chi connectivity index (χ2n) is 7.01. The molecule has 1 aromatic rings. The summed E-state index contributed by atoms with van der Waals surface area (Å²) in [6.45, 7) is 5.09. The minimum Gasteiger partial charge on any atom is -0.353 e. The molecule has 2 heterocycles. The zero-order valence-corrected chi connectivity index (χ0v) is 16.0. The van der Waals surface area contributed by atoms with Crippen molar-refractivity contribution in [3.8, 4) is 0 Å². The Morgan fingerprint density at radius 1 is 1.19 bits per heavy atom. The van der Waals surface area contributed by atoms with E-state index in [1.807, 2.05) is 6.92 Å². The first kappa shape index (κ1) is 18.8. The summed E-state index contributed by atoms with van der Waals surface area (Å²) in [5.41, 5.74) is 0.994. The molecule has 1 aromatic carbocycles. The van der Waals surface area contributed by atoms with Gasteiger partial charge in [-0.15, -0.1) is 0 Å². The van der Waals surface area contributed by atoms with Gasteiger partial charge in [-0.3, -0.25) is 9.59 Å². The molecular formula is C18H25N3O4S. The van der Waals surface area contributed by atoms with Crippen LogP contribution in [0.4, 0.5) is 0 Å². The van der Waals surface area contributed by atoms with E-state index in [4.69, 9.17) is 0 Å². The summed E-state index contributed by atoms with van der Waals surface area (Å²) in [7, 11) is -3.62. The van der Waals surface area contributed by atoms with E-state index in [9.17, 15) is 18.0 Å². The minimum absolute atomic E-state index is 0.129. The average Bonchev–Trinajstić information content (AvgIpc) is 2.64. The number of carbonyl (C=O) groups is 2. The third-order valence-electron chi connectivity index (χ3n) is 5.17. The Labute approximate surface area is 154 Å². The molecule has 0 unspecified atom stereocenters. The van der Waals surface area contributed by atoms with Crippen LogP contribution in [-0.2, 0) is 19.6 Å². The van der Waals surface area contributed by atoms with Gasteiger partial charge >= 0.3 is 0 Å². The summed E-state index contributed by atoms with van der Waals surface area (Å²) in [4.78, 5) is 26.5. The van der Waals surface area contributed by atoms with Crippen molar-refractivity contribution in [3.63, 3.8) is 0 Å². The van der Waals surface area contributed by atoms with Gasteiger partial charge in [0.1, 0.15) is 6.04 Å². The van der Waals surface area contributed by atoms with Crippen LogP contribution in [0.5, 0.6) is 0 Å². The van der Waals surface area contributed by atoms with Crippen molar-refractivity contribution < 1.29 is 18.0 Å². The number of nitrogens with zero attached hydrogens (tertiary/aromatic N) is 2. The van der Waals surface area contributed by atoms with Gasteiger partial charge in [0.15, 0.2) is 0 Å². The van der Waals surface area contributed by atoms with Gasteiger partial charge in [-0.25, -0.2) is 8.42 Å². The predicted molar refractivity (Wildman–Crippen MR) is 96.8 cm³/mol. The van der Waals surface area contributed by atoms with Crippen LogP contribution in [0.2, 0.25) is 0 Å². The van der Waals surface area contributed by atoms with Gasteiger partial charge in [0, 0.05) is 26.2 Å². The van der Waals surface area contributed by atoms with E-state index in [2.05, 4.69) is 5.32 Å². The summed E-state index contributed by atoms with van der Waals surface area (Å²) < 4.78 is 27.2. The van der Waals surface area contributed by atoms with Crippen LogP contribution in [0.25, 0.3) is 0 Å². The Balaban J connectivity index is 1.75. The second kappa shape index (κ2) is 7.36. The topological polar surface area (TPSA) is 86.8 Å². The average molecular weight is 379 g/mol. The van der Waals surface area contributed by atoms with Crippen molar-refractivity contribution in [2.45, 2.75) is 37.6 Å². The maximum Gasteiger partial charge on any atom is 0.243 e. The van der Waals surface area contributed by atoms with Crippen LogP contribution >= 0.6 is 0 Å². The Bertz CT molecular complexity index is 791. The number of nitrogens with one attached hydrogen (secondary N) is 1. The molecule has 7 nitrogen and oxygen atoms in total. The summed E-state index contributed by atoms with van der Waals surface area (Å²) >= 11 is 0. The van der Waals surface area contributed by atoms with Crippen molar-refractivity contribution >= 4 is 21.8 Å². The molecule has 142 valence electrons. The highest BCUT2D eigenvalue weighted by Gasteiger charge is 2.38. The van der Waals surface area contributed by atoms with Crippen LogP contribution in [0.15, 0.2) is 29.2 Å². The lowest BCUT2D eigenvalue weighted by Gasteiger charge is -2.38. The fraction of sp³-hybridized carbons (Fsp3) is 0.556. The number of piperidine rings is 1. The van der Waals surface area contributed by atoms with Gasteiger partial charge in [-0.05, 0) is 38.8 Å². The van der Waals surface area contributed by atoms with Gasteiger partial charge in [0.25, 0.3) is 0 Å². The number of benzene rings is 1. The third kappa shape index (κ3) is 3.61. The van der Waals surface area contributed by atoms with Crippen LogP contribution < -0.4 is 5.32 Å². The first-order valence-corrected chi connectivity index (χ1v) is 10.4. The second-order valence-corrected chi connectivity index (χ2v) is 8.95. The summed E-state index contributed by atoms with van der Waals surface area (Å²) in [6, 6.07) is 6.24. The first-order valence-electron chi connectivity index (χ1n) is 8.95. The Kier molecular flexibility index (Phi) is 5.34. The molecule has 0 radical (unpaired) electrons. The molecular weight excluding hydrogens is 354 g/mol. The fourth-order valence-corrected chi connectivity index (χ4v) is 5.06. The zero-order chi connectivity index (χ0) is 18.9. The summed E-state index contributed by atoms with van der Waals surface area (Å²) in [5, 5.41) is 2.74. The normalized spacial score (nSPS) is 25.0. The SMILES string of the molecule is Cc1ccc(S(=O)(=O)N2CCC[C@H](C(=O)N3CCNC(=O)[C@H]3C)C2)cc1. The van der Waals surface area contributed by atoms with Crippen LogP contribution in [0.1, 0.15) is 25.3 Å². The smallest absolute Gasteiger partial charge is 0.243 e. The van der Waals surface area contributed by atoms with Gasteiger partial charge in [0.2, 0.25) is 21.8 Å². The number of hydrogen-bond acceptors (Lipinski definition) is 4. The maximum atomic E-state index is 12.9. The highest BCUT2D eigenvalue weighted by Crippen LogP contribution is 2.26. The van der Waals surface area contributed by atoms with E-state index < -0.39 is 22.0 Å². The zero-order valence-electron chi connectivity index (χ0n) is 15.1. The summed E-state index contributed by atoms with van der Waals surface area (Å²) in [6.07, 6.45) is 1.28. The molecule has 3 rings (SSSR count). The number of carbonyl (C=O) groups excluding carboxylic acids is 2. The van der Waals surface area contributed by atoms with Crippen molar-refractivity contribution in [3.05, 3.63) is 29.8 Å². The molecule has 2 saturated heterocycles. The van der Waals surface area contributed by atoms with E-state index in [1.54, 1.807) is 36.1 Å². The molecule has 2 amide bonds. The predicted octanol–water partition coefficient (Wildman–Crippen LogP) is 0.743. The lowest BCUT2D eigenvalue weighted by atomic mass is 9.97. The molecule has 0 aliphatic carbocycles. The molecule has 2 fully saturated rings. The van der Waals surface area contributed by atoms with Gasteiger partial charge in [-0.1, -0.05) is 17.7 Å². The van der Waals surface area contributed by atoms with Crippen LogP contribution in [0, 0.1) is 12.8 Å². The highest BCUT2D eigenvalue weighted by atomic mass is 32.2. The van der Waals surface area contributed by atoms with Gasteiger partial charge in [0.05, 0.1) is 10.8 Å². The van der Waals surface area contributed by atoms with Crippen molar-refractivity contribution in [2.75, 3.05) is 26.2 Å². The van der Waals surface area contributed by atoms with E-state index >= 15 is 0 Å². The number of aryl methyl sites for hydroxylation is 1. The van der Waals surface area contributed by atoms with Crippen molar-refractivity contribution in [2.24, 2.45) is 5.92 Å². The molecule has 26 heavy (non-hydrogen) atoms. The van der Waals surface area contributed by atoms with E-state index in [0.29, 0.717) is 32.5 Å². The fourth-order valence-electron chi connectivity index (χ4n) is 3.54. The molecule has 1 N–H and O–H groups in total. The van der Waals surface area contributed by atoms with E-state index in [1.165, 1.54) is 4.31 Å². The van der Waals surface area contributed by atoms with E-state index in [0.717, 1.165) is 5.56 Å². The molecule has 2 aliphatic heterocycles. The molecule has 2 aliphatic rings. The quantitative estimate of drug-likeness (QED) is 0.839. The van der Waals surface area contributed by atoms with Crippen LogP contribution in [-0.4, -0.2) is 61.7 Å². The molecule has 2 atom stereocenters. The number of piperazine rings is 1. The van der Waals surface area contributed by atoms with Crippen LogP contribution in [0.3, 0.4) is 0 Å². The molecule has 0 bridgehead atoms. The van der Waals surface area contributed by atoms with Crippen molar-refractivity contribution in [1.29, 1.82) is 0 Å². The lowest BCUT2D eigenvalue weighted by molar-refractivity contribution is -0.146. The first-order chi connectivity index (χ1) is 12.3. The number of amides is 2.